The average Bonchev–Trinajstić information content (AvgIpc) is 3.02. The molecule has 2 unspecified atom stereocenters. The lowest BCUT2D eigenvalue weighted by Crippen LogP contribution is -2.49. The SMILES string of the molecule is Cc1cc(CN2CCCCC2C2CCCN2)no1. The number of nitrogens with one attached hydrogen (secondary N) is 1. The Labute approximate surface area is 109 Å². The number of nitrogens with zero attached hydrogens (tertiary/aromatic N) is 2. The van der Waals surface area contributed by atoms with Crippen molar-refractivity contribution in [3.05, 3.63) is 17.5 Å². The van der Waals surface area contributed by atoms with Crippen LogP contribution in [0.2, 0.25) is 0 Å². The lowest BCUT2D eigenvalue weighted by molar-refractivity contribution is 0.109. The zero-order valence-corrected chi connectivity index (χ0v) is 11.2. The van der Waals surface area contributed by atoms with E-state index in [-0.39, 0.29) is 0 Å². The molecule has 2 aliphatic heterocycles. The quantitative estimate of drug-likeness (QED) is 0.890. The van der Waals surface area contributed by atoms with Gasteiger partial charge in [0.05, 0.1) is 5.69 Å². The summed E-state index contributed by atoms with van der Waals surface area (Å²) in [6.07, 6.45) is 6.68. The molecule has 0 aliphatic carbocycles. The summed E-state index contributed by atoms with van der Waals surface area (Å²) in [7, 11) is 0. The van der Waals surface area contributed by atoms with Gasteiger partial charge in [-0.05, 0) is 45.7 Å². The zero-order valence-electron chi connectivity index (χ0n) is 11.2. The van der Waals surface area contributed by atoms with Crippen molar-refractivity contribution >= 4 is 0 Å². The molecule has 18 heavy (non-hydrogen) atoms. The molecular weight excluding hydrogens is 226 g/mol. The Morgan fingerprint density at radius 3 is 3.06 bits per heavy atom. The van der Waals surface area contributed by atoms with E-state index >= 15 is 0 Å². The van der Waals surface area contributed by atoms with Crippen LogP contribution < -0.4 is 5.32 Å². The summed E-state index contributed by atoms with van der Waals surface area (Å²) >= 11 is 0. The number of likely N-dealkylation sites (tertiary alicyclic amines) is 1. The van der Waals surface area contributed by atoms with Crippen LogP contribution in [0, 0.1) is 6.92 Å². The maximum absolute atomic E-state index is 5.17. The minimum atomic E-state index is 0.693. The van der Waals surface area contributed by atoms with Crippen LogP contribution in [-0.4, -0.2) is 35.2 Å². The van der Waals surface area contributed by atoms with Gasteiger partial charge in [0, 0.05) is 24.7 Å². The highest BCUT2D eigenvalue weighted by Crippen LogP contribution is 2.25. The van der Waals surface area contributed by atoms with Gasteiger partial charge in [0.2, 0.25) is 0 Å². The maximum atomic E-state index is 5.17. The van der Waals surface area contributed by atoms with Crippen molar-refractivity contribution in [1.82, 2.24) is 15.4 Å². The van der Waals surface area contributed by atoms with Crippen LogP contribution in [0.1, 0.15) is 43.6 Å². The van der Waals surface area contributed by atoms with Crippen molar-refractivity contribution in [2.75, 3.05) is 13.1 Å². The Morgan fingerprint density at radius 2 is 2.33 bits per heavy atom. The molecule has 2 atom stereocenters. The fourth-order valence-electron chi connectivity index (χ4n) is 3.41. The topological polar surface area (TPSA) is 41.3 Å². The van der Waals surface area contributed by atoms with Crippen molar-refractivity contribution in [3.63, 3.8) is 0 Å². The van der Waals surface area contributed by atoms with Gasteiger partial charge < -0.3 is 9.84 Å². The molecule has 4 nitrogen and oxygen atoms in total. The zero-order chi connectivity index (χ0) is 12.4. The molecule has 2 saturated heterocycles. The molecule has 1 N–H and O–H groups in total. The molecule has 0 saturated carbocycles. The Bertz CT molecular complexity index is 384. The molecule has 100 valence electrons. The Kier molecular flexibility index (Phi) is 3.66. The highest BCUT2D eigenvalue weighted by atomic mass is 16.5. The van der Waals surface area contributed by atoms with E-state index in [4.69, 9.17) is 4.52 Å². The Hall–Kier alpha value is -0.870. The van der Waals surface area contributed by atoms with Crippen molar-refractivity contribution in [2.24, 2.45) is 0 Å². The summed E-state index contributed by atoms with van der Waals surface area (Å²) in [6.45, 7) is 5.30. The van der Waals surface area contributed by atoms with Crippen LogP contribution in [0.15, 0.2) is 10.6 Å². The second kappa shape index (κ2) is 5.41. The fourth-order valence-corrected chi connectivity index (χ4v) is 3.41. The molecule has 2 aliphatic rings. The van der Waals surface area contributed by atoms with Gasteiger partial charge in [0.1, 0.15) is 5.76 Å². The standard InChI is InChI=1S/C14H23N3O/c1-11-9-12(16-18-11)10-17-8-3-2-6-14(17)13-5-4-7-15-13/h9,13-15H,2-8,10H2,1H3. The number of hydrogen-bond acceptors (Lipinski definition) is 4. The van der Waals surface area contributed by atoms with E-state index in [1.54, 1.807) is 0 Å². The van der Waals surface area contributed by atoms with Crippen molar-refractivity contribution < 1.29 is 4.52 Å². The van der Waals surface area contributed by atoms with Crippen LogP contribution in [-0.2, 0) is 6.54 Å². The van der Waals surface area contributed by atoms with Crippen LogP contribution >= 0.6 is 0 Å². The van der Waals surface area contributed by atoms with Crippen molar-refractivity contribution in [1.29, 1.82) is 0 Å². The average molecular weight is 249 g/mol. The van der Waals surface area contributed by atoms with Crippen molar-refractivity contribution in [3.8, 4) is 0 Å². The molecule has 3 rings (SSSR count). The van der Waals surface area contributed by atoms with Gasteiger partial charge in [0.25, 0.3) is 0 Å². The third kappa shape index (κ3) is 2.59. The third-order valence-corrected chi connectivity index (χ3v) is 4.27. The highest BCUT2D eigenvalue weighted by Gasteiger charge is 2.31. The van der Waals surface area contributed by atoms with E-state index < -0.39 is 0 Å². The minimum absolute atomic E-state index is 0.693. The molecule has 0 radical (unpaired) electrons. The Balaban J connectivity index is 1.67. The molecule has 0 aromatic carbocycles. The van der Waals surface area contributed by atoms with E-state index in [2.05, 4.69) is 21.4 Å². The molecule has 0 amide bonds. The fraction of sp³-hybridized carbons (Fsp3) is 0.786. The summed E-state index contributed by atoms with van der Waals surface area (Å²) in [5, 5.41) is 7.80. The summed E-state index contributed by atoms with van der Waals surface area (Å²) in [5.74, 6) is 0.914. The second-order valence-electron chi connectivity index (χ2n) is 5.67. The maximum Gasteiger partial charge on any atom is 0.133 e. The number of rotatable bonds is 3. The largest absolute Gasteiger partial charge is 0.361 e. The number of aromatic nitrogens is 1. The van der Waals surface area contributed by atoms with Gasteiger partial charge in [-0.15, -0.1) is 0 Å². The van der Waals surface area contributed by atoms with Gasteiger partial charge in [0.15, 0.2) is 0 Å². The molecule has 4 heteroatoms. The lowest BCUT2D eigenvalue weighted by atomic mass is 9.94. The monoisotopic (exact) mass is 249 g/mol. The molecule has 1 aromatic rings. The lowest BCUT2D eigenvalue weighted by Gasteiger charge is -2.38. The molecule has 0 spiro atoms. The highest BCUT2D eigenvalue weighted by molar-refractivity contribution is 5.04. The molecule has 0 bridgehead atoms. The van der Waals surface area contributed by atoms with Gasteiger partial charge in [-0.3, -0.25) is 4.90 Å². The van der Waals surface area contributed by atoms with E-state index in [9.17, 15) is 0 Å². The van der Waals surface area contributed by atoms with Crippen LogP contribution in [0.25, 0.3) is 0 Å². The summed E-state index contributed by atoms with van der Waals surface area (Å²) in [6, 6.07) is 3.45. The first kappa shape index (κ1) is 12.2. The first-order chi connectivity index (χ1) is 8.83. The molecule has 2 fully saturated rings. The normalized spacial score (nSPS) is 29.8. The smallest absolute Gasteiger partial charge is 0.133 e. The number of aryl methyl sites for hydroxylation is 1. The van der Waals surface area contributed by atoms with Gasteiger partial charge in [-0.1, -0.05) is 11.6 Å². The van der Waals surface area contributed by atoms with E-state index in [0.29, 0.717) is 12.1 Å². The first-order valence-electron chi connectivity index (χ1n) is 7.22. The van der Waals surface area contributed by atoms with Crippen LogP contribution in [0.4, 0.5) is 0 Å². The molecule has 3 heterocycles. The second-order valence-corrected chi connectivity index (χ2v) is 5.67. The van der Waals surface area contributed by atoms with E-state index in [0.717, 1.165) is 18.0 Å². The van der Waals surface area contributed by atoms with Gasteiger partial charge >= 0.3 is 0 Å². The minimum Gasteiger partial charge on any atom is -0.361 e. The van der Waals surface area contributed by atoms with Crippen LogP contribution in [0.5, 0.6) is 0 Å². The molecular formula is C14H23N3O. The number of hydrogen-bond donors (Lipinski definition) is 1. The summed E-state index contributed by atoms with van der Waals surface area (Å²) in [4.78, 5) is 2.60. The third-order valence-electron chi connectivity index (χ3n) is 4.27. The summed E-state index contributed by atoms with van der Waals surface area (Å²) in [5.41, 5.74) is 1.08. The molecule has 1 aromatic heterocycles. The first-order valence-corrected chi connectivity index (χ1v) is 7.22. The van der Waals surface area contributed by atoms with Gasteiger partial charge in [-0.25, -0.2) is 0 Å². The number of piperidine rings is 1. The van der Waals surface area contributed by atoms with E-state index in [1.165, 1.54) is 45.2 Å². The van der Waals surface area contributed by atoms with Crippen LogP contribution in [0.3, 0.4) is 0 Å². The van der Waals surface area contributed by atoms with Gasteiger partial charge in [-0.2, -0.15) is 0 Å². The van der Waals surface area contributed by atoms with Crippen molar-refractivity contribution in [2.45, 2.75) is 57.7 Å². The van der Waals surface area contributed by atoms with E-state index in [1.807, 2.05) is 6.92 Å². The Morgan fingerprint density at radius 1 is 1.39 bits per heavy atom. The predicted molar refractivity (Wildman–Crippen MR) is 70.3 cm³/mol. The predicted octanol–water partition coefficient (Wildman–Crippen LogP) is 2.09. The summed E-state index contributed by atoms with van der Waals surface area (Å²) < 4.78 is 5.17.